The molecule has 1 atom stereocenters. The Hall–Kier alpha value is -2.05. The molecule has 0 aliphatic rings. The molecule has 0 saturated heterocycles. The molecule has 2 N–H and O–H groups in total. The third-order valence-corrected chi connectivity index (χ3v) is 5.29. The Bertz CT molecular complexity index is 694. The molecule has 2 aromatic rings. The van der Waals surface area contributed by atoms with E-state index in [9.17, 15) is 0 Å². The van der Waals surface area contributed by atoms with Crippen molar-refractivity contribution >= 4 is 17.3 Å². The van der Waals surface area contributed by atoms with Crippen LogP contribution in [0, 0.1) is 6.92 Å². The molecule has 142 valence electrons. The van der Waals surface area contributed by atoms with Crippen LogP contribution in [0.1, 0.15) is 29.0 Å². The number of aliphatic imine (C=N–C) groups is 1. The van der Waals surface area contributed by atoms with Gasteiger partial charge in [0.2, 0.25) is 0 Å². The molecule has 0 amide bonds. The van der Waals surface area contributed by atoms with E-state index < -0.39 is 0 Å². The van der Waals surface area contributed by atoms with Crippen LogP contribution >= 0.6 is 11.3 Å². The molecule has 0 spiro atoms. The summed E-state index contributed by atoms with van der Waals surface area (Å²) in [5.41, 5.74) is 2.55. The summed E-state index contributed by atoms with van der Waals surface area (Å²) in [4.78, 5) is 8.25. The first-order valence-electron chi connectivity index (χ1n) is 8.90. The highest BCUT2D eigenvalue weighted by atomic mass is 32.1. The average Bonchev–Trinajstić information content (AvgIpc) is 3.05. The van der Waals surface area contributed by atoms with Gasteiger partial charge in [-0.05, 0) is 62.6 Å². The Morgan fingerprint density at radius 3 is 2.46 bits per heavy atom. The van der Waals surface area contributed by atoms with Gasteiger partial charge in [0.05, 0.1) is 19.7 Å². The molecule has 0 radical (unpaired) electrons. The van der Waals surface area contributed by atoms with E-state index in [0.29, 0.717) is 6.54 Å². The normalized spacial score (nSPS) is 12.9. The van der Waals surface area contributed by atoms with Gasteiger partial charge in [0.1, 0.15) is 5.75 Å². The second-order valence-corrected chi connectivity index (χ2v) is 7.36. The van der Waals surface area contributed by atoms with Crippen LogP contribution in [0.5, 0.6) is 5.75 Å². The Kier molecular flexibility index (Phi) is 7.94. The summed E-state index contributed by atoms with van der Waals surface area (Å²) in [5.74, 6) is 1.72. The second kappa shape index (κ2) is 10.2. The van der Waals surface area contributed by atoms with Crippen LogP contribution in [0.3, 0.4) is 0 Å². The topological polar surface area (TPSA) is 48.9 Å². The molecular formula is C20H30N4OS. The fourth-order valence-electron chi connectivity index (χ4n) is 2.68. The zero-order valence-electron chi connectivity index (χ0n) is 16.4. The number of nitrogens with one attached hydrogen (secondary N) is 2. The van der Waals surface area contributed by atoms with Crippen molar-refractivity contribution in [2.75, 3.05) is 34.3 Å². The van der Waals surface area contributed by atoms with Gasteiger partial charge in [0.15, 0.2) is 5.96 Å². The number of benzene rings is 1. The minimum absolute atomic E-state index is 0.244. The standard InChI is InChI=1S/C20H30N4OS/c1-6-21-20(23-14-19-15(2)11-12-26-19)22-13-18(24(3)4)16-7-9-17(25-5)10-8-16/h7-12,18H,6,13-14H2,1-5H3,(H2,21,22,23). The van der Waals surface area contributed by atoms with Crippen molar-refractivity contribution in [3.63, 3.8) is 0 Å². The lowest BCUT2D eigenvalue weighted by Crippen LogP contribution is -2.41. The van der Waals surface area contributed by atoms with Crippen LogP contribution in [-0.4, -0.2) is 45.2 Å². The van der Waals surface area contributed by atoms with Gasteiger partial charge in [-0.15, -0.1) is 11.3 Å². The van der Waals surface area contributed by atoms with E-state index in [0.717, 1.165) is 24.8 Å². The monoisotopic (exact) mass is 374 g/mol. The maximum atomic E-state index is 5.26. The molecule has 2 rings (SSSR count). The summed E-state index contributed by atoms with van der Waals surface area (Å²) in [5, 5.41) is 8.93. The van der Waals surface area contributed by atoms with Gasteiger partial charge in [-0.3, -0.25) is 0 Å². The van der Waals surface area contributed by atoms with E-state index >= 15 is 0 Å². The van der Waals surface area contributed by atoms with Crippen LogP contribution in [0.15, 0.2) is 40.7 Å². The maximum Gasteiger partial charge on any atom is 0.191 e. The molecule has 0 fully saturated rings. The summed E-state index contributed by atoms with van der Waals surface area (Å²) >= 11 is 1.76. The van der Waals surface area contributed by atoms with E-state index in [-0.39, 0.29) is 6.04 Å². The van der Waals surface area contributed by atoms with Crippen LogP contribution in [0.25, 0.3) is 0 Å². The average molecular weight is 375 g/mol. The van der Waals surface area contributed by atoms with Crippen molar-refractivity contribution in [1.29, 1.82) is 0 Å². The minimum Gasteiger partial charge on any atom is -0.497 e. The fourth-order valence-corrected chi connectivity index (χ4v) is 3.51. The highest BCUT2D eigenvalue weighted by Crippen LogP contribution is 2.21. The largest absolute Gasteiger partial charge is 0.497 e. The number of hydrogen-bond acceptors (Lipinski definition) is 4. The Morgan fingerprint density at radius 1 is 1.19 bits per heavy atom. The van der Waals surface area contributed by atoms with E-state index in [1.807, 2.05) is 12.1 Å². The van der Waals surface area contributed by atoms with Gasteiger partial charge >= 0.3 is 0 Å². The number of rotatable bonds is 8. The number of hydrogen-bond donors (Lipinski definition) is 2. The smallest absolute Gasteiger partial charge is 0.191 e. The number of methoxy groups -OCH3 is 1. The van der Waals surface area contributed by atoms with Gasteiger partial charge in [0, 0.05) is 18.0 Å². The Labute approximate surface area is 161 Å². The van der Waals surface area contributed by atoms with E-state index in [1.165, 1.54) is 16.0 Å². The predicted octanol–water partition coefficient (Wildman–Crippen LogP) is 3.42. The third kappa shape index (κ3) is 5.75. The van der Waals surface area contributed by atoms with Crippen molar-refractivity contribution < 1.29 is 4.74 Å². The number of thiophene rings is 1. The van der Waals surface area contributed by atoms with Crippen molar-refractivity contribution in [1.82, 2.24) is 15.5 Å². The van der Waals surface area contributed by atoms with E-state index in [4.69, 9.17) is 9.73 Å². The molecule has 1 unspecified atom stereocenters. The summed E-state index contributed by atoms with van der Waals surface area (Å²) in [6.07, 6.45) is 0. The van der Waals surface area contributed by atoms with Crippen molar-refractivity contribution in [3.8, 4) is 5.75 Å². The minimum atomic E-state index is 0.244. The highest BCUT2D eigenvalue weighted by Gasteiger charge is 2.15. The van der Waals surface area contributed by atoms with Crippen LogP contribution < -0.4 is 15.4 Å². The first-order valence-corrected chi connectivity index (χ1v) is 9.78. The lowest BCUT2D eigenvalue weighted by molar-refractivity contribution is 0.298. The second-order valence-electron chi connectivity index (χ2n) is 6.36. The number of nitrogens with zero attached hydrogens (tertiary/aromatic N) is 2. The van der Waals surface area contributed by atoms with Gasteiger partial charge in [-0.2, -0.15) is 0 Å². The molecule has 1 aromatic carbocycles. The third-order valence-electron chi connectivity index (χ3n) is 4.28. The molecule has 0 bridgehead atoms. The number of aryl methyl sites for hydroxylation is 1. The Balaban J connectivity index is 2.04. The quantitative estimate of drug-likeness (QED) is 0.549. The van der Waals surface area contributed by atoms with Gasteiger partial charge in [-0.1, -0.05) is 12.1 Å². The Morgan fingerprint density at radius 2 is 1.92 bits per heavy atom. The number of likely N-dealkylation sites (N-methyl/N-ethyl adjacent to an activating group) is 1. The van der Waals surface area contributed by atoms with E-state index in [1.54, 1.807) is 18.4 Å². The molecule has 1 heterocycles. The zero-order valence-corrected chi connectivity index (χ0v) is 17.2. The summed E-state index contributed by atoms with van der Waals surface area (Å²) in [7, 11) is 5.87. The van der Waals surface area contributed by atoms with Crippen molar-refractivity contribution in [2.24, 2.45) is 4.99 Å². The van der Waals surface area contributed by atoms with E-state index in [2.05, 4.69) is 67.1 Å². The molecular weight excluding hydrogens is 344 g/mol. The van der Waals surface area contributed by atoms with Crippen LogP contribution in [0.4, 0.5) is 0 Å². The van der Waals surface area contributed by atoms with Gasteiger partial charge in [0.25, 0.3) is 0 Å². The molecule has 6 heteroatoms. The zero-order chi connectivity index (χ0) is 18.9. The lowest BCUT2D eigenvalue weighted by Gasteiger charge is -2.26. The first kappa shape index (κ1) is 20.3. The molecule has 0 saturated carbocycles. The fraction of sp³-hybridized carbons (Fsp3) is 0.450. The maximum absolute atomic E-state index is 5.26. The molecule has 0 aliphatic heterocycles. The summed E-state index contributed by atoms with van der Waals surface area (Å²) in [6, 6.07) is 10.6. The SMILES string of the molecule is CCNC(=NCc1sccc1C)NCC(c1ccc(OC)cc1)N(C)C. The predicted molar refractivity (Wildman–Crippen MR) is 111 cm³/mol. The molecule has 5 nitrogen and oxygen atoms in total. The van der Waals surface area contributed by atoms with Crippen LogP contribution in [-0.2, 0) is 6.54 Å². The molecule has 1 aromatic heterocycles. The molecule has 0 aliphatic carbocycles. The number of ether oxygens (including phenoxy) is 1. The van der Waals surface area contributed by atoms with Gasteiger partial charge < -0.3 is 20.3 Å². The van der Waals surface area contributed by atoms with Crippen molar-refractivity contribution in [3.05, 3.63) is 51.7 Å². The first-order chi connectivity index (χ1) is 12.5. The van der Waals surface area contributed by atoms with Crippen molar-refractivity contribution in [2.45, 2.75) is 26.4 Å². The highest BCUT2D eigenvalue weighted by molar-refractivity contribution is 7.10. The molecule has 26 heavy (non-hydrogen) atoms. The summed E-state index contributed by atoms with van der Waals surface area (Å²) < 4.78 is 5.26. The number of guanidine groups is 1. The van der Waals surface area contributed by atoms with Gasteiger partial charge in [-0.25, -0.2) is 4.99 Å². The lowest BCUT2D eigenvalue weighted by atomic mass is 10.1. The summed E-state index contributed by atoms with van der Waals surface area (Å²) in [6.45, 7) is 6.53. The van der Waals surface area contributed by atoms with Crippen LogP contribution in [0.2, 0.25) is 0 Å².